The molecule has 0 spiro atoms. The van der Waals surface area contributed by atoms with Crippen molar-refractivity contribution < 1.29 is 23.9 Å². The van der Waals surface area contributed by atoms with Crippen molar-refractivity contribution in [1.29, 1.82) is 0 Å². The molecule has 0 saturated carbocycles. The van der Waals surface area contributed by atoms with Gasteiger partial charge in [0, 0.05) is 10.5 Å². The summed E-state index contributed by atoms with van der Waals surface area (Å²) in [5.74, 6) is -2.36. The molecule has 1 aromatic rings. The van der Waals surface area contributed by atoms with Crippen LogP contribution in [0.5, 0.6) is 0 Å². The van der Waals surface area contributed by atoms with Gasteiger partial charge in [-0.2, -0.15) is 0 Å². The van der Waals surface area contributed by atoms with E-state index in [4.69, 9.17) is 11.5 Å². The van der Waals surface area contributed by atoms with Crippen LogP contribution in [0.1, 0.15) is 27.6 Å². The van der Waals surface area contributed by atoms with E-state index in [-0.39, 0.29) is 30.1 Å². The number of rotatable bonds is 7. The molecule has 0 atom stereocenters. The number of anilines is 1. The molecule has 11 heteroatoms. The minimum absolute atomic E-state index is 0.153. The van der Waals surface area contributed by atoms with Gasteiger partial charge in [-0.05, 0) is 67.8 Å². The van der Waals surface area contributed by atoms with Crippen LogP contribution in [-0.2, 0) is 14.3 Å². The van der Waals surface area contributed by atoms with Crippen molar-refractivity contribution in [3.05, 3.63) is 21.8 Å². The van der Waals surface area contributed by atoms with E-state index in [0.717, 1.165) is 0 Å². The fourth-order valence-electron chi connectivity index (χ4n) is 1.67. The number of hydrogen-bond donors (Lipinski definition) is 3. The van der Waals surface area contributed by atoms with Gasteiger partial charge in [0.05, 0.1) is 30.5 Å². The Bertz CT molecular complexity index is 695. The van der Waals surface area contributed by atoms with Gasteiger partial charge in [0.15, 0.2) is 12.4 Å². The van der Waals surface area contributed by atoms with Crippen LogP contribution in [0.2, 0.25) is 0 Å². The lowest BCUT2D eigenvalue weighted by Gasteiger charge is -2.17. The van der Waals surface area contributed by atoms with Crippen molar-refractivity contribution in [2.45, 2.75) is 6.92 Å². The molecule has 0 radical (unpaired) electrons. The van der Waals surface area contributed by atoms with Gasteiger partial charge < -0.3 is 21.5 Å². The number of nitrogens with one attached hydrogen (secondary N) is 1. The van der Waals surface area contributed by atoms with Crippen LogP contribution in [0.25, 0.3) is 0 Å². The zero-order chi connectivity index (χ0) is 18.6. The van der Waals surface area contributed by atoms with Crippen LogP contribution in [0.3, 0.4) is 0 Å². The van der Waals surface area contributed by atoms with Crippen molar-refractivity contribution in [3.63, 3.8) is 0 Å². The van der Waals surface area contributed by atoms with E-state index in [2.05, 4.69) is 10.1 Å². The van der Waals surface area contributed by atoms with E-state index in [1.165, 1.54) is 6.92 Å². The summed E-state index contributed by atoms with van der Waals surface area (Å²) >= 11 is 5.65. The number of amides is 2. The summed E-state index contributed by atoms with van der Waals surface area (Å²) in [4.78, 5) is 45.8. The Morgan fingerprint density at radius 1 is 0.958 bits per heavy atom. The molecule has 0 unspecified atom stereocenters. The van der Waals surface area contributed by atoms with E-state index in [9.17, 15) is 19.2 Å². The highest BCUT2D eigenvalue weighted by Crippen LogP contribution is 2.35. The highest BCUT2D eigenvalue weighted by Gasteiger charge is 2.25. The Morgan fingerprint density at radius 2 is 1.42 bits per heavy atom. The Balaban J connectivity index is 3.23. The predicted octanol–water partition coefficient (Wildman–Crippen LogP) is 1.24. The van der Waals surface area contributed by atoms with E-state index in [1.54, 1.807) is 0 Å². The molecular weight excluding hydrogens is 659 g/mol. The molecule has 0 aromatic heterocycles. The molecule has 8 nitrogen and oxygen atoms in total. The fraction of sp³-hybridized carbons (Fsp3) is 0.231. The molecule has 5 N–H and O–H groups in total. The number of hydrogen-bond acceptors (Lipinski definition) is 6. The number of carbonyl (C=O) groups excluding carboxylic acids is 4. The monoisotopic (exact) mass is 671 g/mol. The van der Waals surface area contributed by atoms with E-state index < -0.39 is 17.8 Å². The normalized spacial score (nSPS) is 10.2. The molecule has 1 rings (SSSR count). The van der Waals surface area contributed by atoms with Crippen molar-refractivity contribution in [2.75, 3.05) is 18.5 Å². The number of halogens is 3. The molecule has 24 heavy (non-hydrogen) atoms. The highest BCUT2D eigenvalue weighted by atomic mass is 127. The standard InChI is InChI=1S/C13H12I3N3O5/c1-4(20)24-3-5(21)2-19-11-9(15)6(12(17)22)8(14)7(10(11)16)13(18)23/h19H,2-3H2,1H3,(H2,17,22)(H2,18,23). The van der Waals surface area contributed by atoms with Gasteiger partial charge in [-0.3, -0.25) is 19.2 Å². The van der Waals surface area contributed by atoms with Crippen LogP contribution in [0.4, 0.5) is 5.69 Å². The number of ketones is 1. The third kappa shape index (κ3) is 5.14. The zero-order valence-electron chi connectivity index (χ0n) is 12.2. The molecular formula is C13H12I3N3O5. The summed E-state index contributed by atoms with van der Waals surface area (Å²) in [7, 11) is 0. The van der Waals surface area contributed by atoms with Crippen LogP contribution >= 0.6 is 67.8 Å². The Hall–Kier alpha value is -0.710. The minimum Gasteiger partial charge on any atom is -0.458 e. The number of ether oxygens (including phenoxy) is 1. The Labute approximate surface area is 178 Å². The van der Waals surface area contributed by atoms with Gasteiger partial charge in [0.2, 0.25) is 0 Å². The first-order valence-electron chi connectivity index (χ1n) is 6.26. The molecule has 0 aliphatic heterocycles. The van der Waals surface area contributed by atoms with Gasteiger partial charge in [0.25, 0.3) is 11.8 Å². The molecule has 2 amide bonds. The molecule has 0 fully saturated rings. The number of carbonyl (C=O) groups is 4. The van der Waals surface area contributed by atoms with Crippen LogP contribution in [-0.4, -0.2) is 36.7 Å². The van der Waals surface area contributed by atoms with Crippen LogP contribution in [0.15, 0.2) is 0 Å². The summed E-state index contributed by atoms with van der Waals surface area (Å²) < 4.78 is 5.92. The molecule has 1 aromatic carbocycles. The van der Waals surface area contributed by atoms with Crippen molar-refractivity contribution in [3.8, 4) is 0 Å². The molecule has 0 aliphatic carbocycles. The first kappa shape index (κ1) is 21.3. The second-order valence-corrected chi connectivity index (χ2v) is 7.70. The van der Waals surface area contributed by atoms with Crippen LogP contribution in [0, 0.1) is 10.7 Å². The second-order valence-electron chi connectivity index (χ2n) is 4.47. The van der Waals surface area contributed by atoms with Crippen molar-refractivity contribution in [1.82, 2.24) is 0 Å². The summed E-state index contributed by atoms with van der Waals surface area (Å²) in [5.41, 5.74) is 11.5. The Morgan fingerprint density at radius 3 is 1.79 bits per heavy atom. The zero-order valence-corrected chi connectivity index (χ0v) is 18.7. The first-order chi connectivity index (χ1) is 11.1. The van der Waals surface area contributed by atoms with E-state index >= 15 is 0 Å². The maximum atomic E-state index is 11.7. The molecule has 0 aliphatic rings. The van der Waals surface area contributed by atoms with Gasteiger partial charge in [-0.25, -0.2) is 0 Å². The average molecular weight is 671 g/mol. The van der Waals surface area contributed by atoms with E-state index in [0.29, 0.717) is 16.4 Å². The topological polar surface area (TPSA) is 142 Å². The molecule has 0 saturated heterocycles. The maximum absolute atomic E-state index is 11.7. The average Bonchev–Trinajstić information content (AvgIpc) is 2.43. The predicted molar refractivity (Wildman–Crippen MR) is 112 cm³/mol. The lowest BCUT2D eigenvalue weighted by molar-refractivity contribution is -0.145. The number of benzene rings is 1. The first-order valence-corrected chi connectivity index (χ1v) is 9.50. The third-order valence-corrected chi connectivity index (χ3v) is 5.94. The number of esters is 1. The van der Waals surface area contributed by atoms with Gasteiger partial charge >= 0.3 is 5.97 Å². The maximum Gasteiger partial charge on any atom is 0.303 e. The second kappa shape index (κ2) is 9.12. The van der Waals surface area contributed by atoms with Crippen molar-refractivity contribution >= 4 is 97.0 Å². The number of Topliss-reactive ketones (excluding diaryl/α,β-unsaturated/α-hetero) is 1. The summed E-state index contributed by atoms with van der Waals surface area (Å²) in [6, 6.07) is 0. The van der Waals surface area contributed by atoms with Crippen LogP contribution < -0.4 is 16.8 Å². The lowest BCUT2D eigenvalue weighted by Crippen LogP contribution is -2.25. The number of primary amides is 2. The van der Waals surface area contributed by atoms with Crippen molar-refractivity contribution in [2.24, 2.45) is 11.5 Å². The molecule has 130 valence electrons. The van der Waals surface area contributed by atoms with Gasteiger partial charge in [-0.1, -0.05) is 0 Å². The summed E-state index contributed by atoms with van der Waals surface area (Å²) in [5, 5.41) is 2.85. The quantitative estimate of drug-likeness (QED) is 0.295. The smallest absolute Gasteiger partial charge is 0.303 e. The third-order valence-electron chi connectivity index (χ3n) is 2.71. The summed E-state index contributed by atoms with van der Waals surface area (Å²) in [6.07, 6.45) is 0. The van der Waals surface area contributed by atoms with Gasteiger partial charge in [0.1, 0.15) is 0 Å². The SMILES string of the molecule is CC(=O)OCC(=O)CNc1c(I)c(C(N)=O)c(I)c(C(N)=O)c1I. The van der Waals surface area contributed by atoms with Gasteiger partial charge in [-0.15, -0.1) is 0 Å². The largest absolute Gasteiger partial charge is 0.458 e. The number of nitrogens with two attached hydrogens (primary N) is 2. The minimum atomic E-state index is -0.711. The molecule has 0 heterocycles. The van der Waals surface area contributed by atoms with E-state index in [1.807, 2.05) is 67.8 Å². The lowest BCUT2D eigenvalue weighted by atomic mass is 10.1. The molecule has 0 bridgehead atoms. The fourth-order valence-corrected chi connectivity index (χ4v) is 6.28. The summed E-state index contributed by atoms with van der Waals surface area (Å²) in [6.45, 7) is 0.672. The Kier molecular flexibility index (Phi) is 8.10. The highest BCUT2D eigenvalue weighted by molar-refractivity contribution is 14.1.